The Morgan fingerprint density at radius 1 is 1.33 bits per heavy atom. The number of nitrogen functional groups attached to an aromatic ring is 1. The maximum absolute atomic E-state index is 13.5. The van der Waals surface area contributed by atoms with Crippen molar-refractivity contribution in [3.63, 3.8) is 0 Å². The monoisotopic (exact) mass is 275 g/mol. The van der Waals surface area contributed by atoms with Crippen LogP contribution in [0.4, 0.5) is 10.1 Å². The van der Waals surface area contributed by atoms with Gasteiger partial charge in [-0.25, -0.2) is 12.8 Å². The molecule has 1 aromatic carbocycles. The van der Waals surface area contributed by atoms with E-state index in [0.29, 0.717) is 0 Å². The van der Waals surface area contributed by atoms with E-state index in [1.54, 1.807) is 0 Å². The van der Waals surface area contributed by atoms with E-state index in [4.69, 9.17) is 10.5 Å². The number of halogens is 1. The van der Waals surface area contributed by atoms with Gasteiger partial charge in [-0.05, 0) is 39.0 Å². The zero-order valence-corrected chi connectivity index (χ0v) is 11.6. The van der Waals surface area contributed by atoms with Crippen LogP contribution in [0, 0.1) is 5.82 Å². The lowest BCUT2D eigenvalue weighted by Crippen LogP contribution is -2.24. The number of hydrogen-bond acceptors (Lipinski definition) is 4. The maximum Gasteiger partial charge on any atom is 0.183 e. The van der Waals surface area contributed by atoms with Crippen molar-refractivity contribution in [2.24, 2.45) is 0 Å². The van der Waals surface area contributed by atoms with Crippen LogP contribution in [0.1, 0.15) is 20.8 Å². The molecule has 0 fully saturated rings. The van der Waals surface area contributed by atoms with Gasteiger partial charge in [0.25, 0.3) is 0 Å². The molecule has 0 spiro atoms. The minimum absolute atomic E-state index is 0.0235. The molecule has 0 aromatic heterocycles. The number of hydrogen-bond donors (Lipinski definition) is 1. The van der Waals surface area contributed by atoms with Crippen LogP contribution in [0.25, 0.3) is 0 Å². The Kier molecular flexibility index (Phi) is 4.34. The highest BCUT2D eigenvalue weighted by atomic mass is 32.2. The summed E-state index contributed by atoms with van der Waals surface area (Å²) in [6.07, 6.45) is 0. The summed E-state index contributed by atoms with van der Waals surface area (Å²) in [5.74, 6) is -1.09. The second-order valence-corrected chi connectivity index (χ2v) is 7.05. The first-order chi connectivity index (χ1) is 8.12. The zero-order chi connectivity index (χ0) is 14.0. The molecule has 18 heavy (non-hydrogen) atoms. The molecular formula is C12H18FNO3S. The van der Waals surface area contributed by atoms with Gasteiger partial charge in [0.1, 0.15) is 10.7 Å². The lowest BCUT2D eigenvalue weighted by atomic mass is 10.2. The average molecular weight is 275 g/mol. The van der Waals surface area contributed by atoms with Gasteiger partial charge >= 0.3 is 0 Å². The number of ether oxygens (including phenoxy) is 1. The number of nitrogens with two attached hydrogens (primary N) is 1. The van der Waals surface area contributed by atoms with E-state index in [2.05, 4.69) is 0 Å². The van der Waals surface area contributed by atoms with E-state index < -0.39 is 21.3 Å². The van der Waals surface area contributed by atoms with Crippen LogP contribution in [0.5, 0.6) is 0 Å². The van der Waals surface area contributed by atoms with Gasteiger partial charge in [0, 0.05) is 5.69 Å². The largest absolute Gasteiger partial charge is 0.399 e. The maximum atomic E-state index is 13.5. The lowest BCUT2D eigenvalue weighted by molar-refractivity contribution is 0.00644. The quantitative estimate of drug-likeness (QED) is 0.853. The smallest absolute Gasteiger partial charge is 0.183 e. The minimum atomic E-state index is -3.69. The highest BCUT2D eigenvalue weighted by Crippen LogP contribution is 2.19. The molecule has 0 radical (unpaired) electrons. The Morgan fingerprint density at radius 3 is 2.44 bits per heavy atom. The summed E-state index contributed by atoms with van der Waals surface area (Å²) in [7, 11) is -3.69. The van der Waals surface area contributed by atoms with Gasteiger partial charge in [-0.15, -0.1) is 0 Å². The third-order valence-corrected chi connectivity index (χ3v) is 3.88. The summed E-state index contributed by atoms with van der Waals surface area (Å²) in [4.78, 5) is -0.339. The summed E-state index contributed by atoms with van der Waals surface area (Å²) in [5.41, 5.74) is 5.14. The summed E-state index contributed by atoms with van der Waals surface area (Å²) in [6.45, 7) is 5.49. The fraction of sp³-hybridized carbons (Fsp3) is 0.500. The number of sulfone groups is 1. The third-order valence-electron chi connectivity index (χ3n) is 2.18. The molecule has 0 amide bonds. The van der Waals surface area contributed by atoms with Gasteiger partial charge in [0.2, 0.25) is 0 Å². The van der Waals surface area contributed by atoms with Crippen LogP contribution < -0.4 is 5.73 Å². The molecule has 1 aromatic rings. The standard InChI is InChI=1S/C12H18FNO3S/c1-12(2,3)17-6-7-18(15,16)11-5-4-9(14)8-10(11)13/h4-5,8H,6-7,14H2,1-3H3. The van der Waals surface area contributed by atoms with Crippen molar-refractivity contribution in [2.75, 3.05) is 18.1 Å². The molecule has 1 rings (SSSR count). The molecule has 0 saturated carbocycles. The van der Waals surface area contributed by atoms with E-state index in [-0.39, 0.29) is 22.9 Å². The lowest BCUT2D eigenvalue weighted by Gasteiger charge is -2.19. The Morgan fingerprint density at radius 2 is 1.94 bits per heavy atom. The van der Waals surface area contributed by atoms with E-state index in [9.17, 15) is 12.8 Å². The average Bonchev–Trinajstić information content (AvgIpc) is 2.13. The predicted octanol–water partition coefficient (Wildman–Crippen LogP) is 2.00. The van der Waals surface area contributed by atoms with Crippen molar-refractivity contribution < 1.29 is 17.5 Å². The summed E-state index contributed by atoms with van der Waals surface area (Å²) >= 11 is 0. The van der Waals surface area contributed by atoms with Crippen LogP contribution >= 0.6 is 0 Å². The van der Waals surface area contributed by atoms with Crippen LogP contribution in [-0.2, 0) is 14.6 Å². The second kappa shape index (κ2) is 5.24. The van der Waals surface area contributed by atoms with E-state index in [0.717, 1.165) is 6.07 Å². The Bertz CT molecular complexity index is 521. The molecular weight excluding hydrogens is 257 g/mol. The fourth-order valence-corrected chi connectivity index (χ4v) is 2.49. The highest BCUT2D eigenvalue weighted by Gasteiger charge is 2.20. The zero-order valence-electron chi connectivity index (χ0n) is 10.7. The molecule has 0 heterocycles. The number of benzene rings is 1. The third kappa shape index (κ3) is 4.27. The van der Waals surface area contributed by atoms with Crippen molar-refractivity contribution in [1.82, 2.24) is 0 Å². The molecule has 0 aliphatic heterocycles. The van der Waals surface area contributed by atoms with Gasteiger partial charge in [-0.2, -0.15) is 0 Å². The first-order valence-electron chi connectivity index (χ1n) is 5.53. The number of rotatable bonds is 4. The molecule has 0 aliphatic carbocycles. The molecule has 0 bridgehead atoms. The van der Waals surface area contributed by atoms with E-state index in [1.165, 1.54) is 12.1 Å². The van der Waals surface area contributed by atoms with Gasteiger partial charge in [-0.1, -0.05) is 0 Å². The van der Waals surface area contributed by atoms with Gasteiger partial charge in [0.05, 0.1) is 18.0 Å². The molecule has 0 saturated heterocycles. The topological polar surface area (TPSA) is 69.4 Å². The van der Waals surface area contributed by atoms with Crippen LogP contribution in [-0.4, -0.2) is 26.4 Å². The summed E-state index contributed by atoms with van der Waals surface area (Å²) in [6, 6.07) is 3.54. The Hall–Kier alpha value is -1.14. The normalized spacial score (nSPS) is 12.7. The second-order valence-electron chi connectivity index (χ2n) is 4.97. The Labute approximate surface area is 107 Å². The van der Waals surface area contributed by atoms with Gasteiger partial charge in [0.15, 0.2) is 9.84 Å². The molecule has 2 N–H and O–H groups in total. The van der Waals surface area contributed by atoms with Gasteiger partial charge in [-0.3, -0.25) is 0 Å². The Balaban J connectivity index is 2.81. The predicted molar refractivity (Wildman–Crippen MR) is 68.6 cm³/mol. The molecule has 6 heteroatoms. The van der Waals surface area contributed by atoms with Crippen molar-refractivity contribution in [3.05, 3.63) is 24.0 Å². The van der Waals surface area contributed by atoms with Gasteiger partial charge < -0.3 is 10.5 Å². The molecule has 0 unspecified atom stereocenters. The summed E-state index contributed by atoms with van der Waals surface area (Å²) < 4.78 is 42.6. The van der Waals surface area contributed by atoms with E-state index >= 15 is 0 Å². The molecule has 0 atom stereocenters. The molecule has 4 nitrogen and oxygen atoms in total. The molecule has 0 aliphatic rings. The minimum Gasteiger partial charge on any atom is -0.399 e. The fourth-order valence-electron chi connectivity index (χ4n) is 1.34. The van der Waals surface area contributed by atoms with Crippen molar-refractivity contribution in [2.45, 2.75) is 31.3 Å². The SMILES string of the molecule is CC(C)(C)OCCS(=O)(=O)c1ccc(N)cc1F. The van der Waals surface area contributed by atoms with Crippen molar-refractivity contribution >= 4 is 15.5 Å². The first-order valence-corrected chi connectivity index (χ1v) is 7.19. The number of anilines is 1. The van der Waals surface area contributed by atoms with Crippen molar-refractivity contribution in [3.8, 4) is 0 Å². The highest BCUT2D eigenvalue weighted by molar-refractivity contribution is 7.91. The summed E-state index contributed by atoms with van der Waals surface area (Å²) in [5, 5.41) is 0. The van der Waals surface area contributed by atoms with Crippen molar-refractivity contribution in [1.29, 1.82) is 0 Å². The molecule has 102 valence electrons. The van der Waals surface area contributed by atoms with Crippen LogP contribution in [0.15, 0.2) is 23.1 Å². The first kappa shape index (κ1) is 14.9. The van der Waals surface area contributed by atoms with Crippen LogP contribution in [0.2, 0.25) is 0 Å². The van der Waals surface area contributed by atoms with E-state index in [1.807, 2.05) is 20.8 Å². The van der Waals surface area contributed by atoms with Crippen LogP contribution in [0.3, 0.4) is 0 Å².